The van der Waals surface area contributed by atoms with E-state index in [-0.39, 0.29) is 37.5 Å². The van der Waals surface area contributed by atoms with Crippen molar-refractivity contribution < 1.29 is 28.6 Å². The molecule has 474 valence electrons. The molecule has 0 spiro atoms. The summed E-state index contributed by atoms with van der Waals surface area (Å²) < 4.78 is 16.9. The quantitative estimate of drug-likeness (QED) is 0.0261. The van der Waals surface area contributed by atoms with Crippen molar-refractivity contribution >= 4 is 17.9 Å². The molecule has 0 radical (unpaired) electrons. The van der Waals surface area contributed by atoms with Gasteiger partial charge in [-0.05, 0) is 109 Å². The summed E-state index contributed by atoms with van der Waals surface area (Å²) in [5.74, 6) is -0.951. The summed E-state index contributed by atoms with van der Waals surface area (Å²) in [4.78, 5) is 38.4. The van der Waals surface area contributed by atoms with Crippen LogP contribution in [0.25, 0.3) is 0 Å². The molecule has 0 saturated carbocycles. The molecule has 0 fully saturated rings. The van der Waals surface area contributed by atoms with E-state index in [0.29, 0.717) is 19.3 Å². The maximum absolute atomic E-state index is 12.9. The Labute approximate surface area is 513 Å². The maximum Gasteiger partial charge on any atom is 0.306 e. The van der Waals surface area contributed by atoms with E-state index in [9.17, 15) is 14.4 Å². The Kier molecular flexibility index (Phi) is 66.7. The van der Waals surface area contributed by atoms with Crippen molar-refractivity contribution in [1.29, 1.82) is 0 Å². The Hall–Kier alpha value is -4.19. The zero-order valence-electron chi connectivity index (χ0n) is 54.4. The van der Waals surface area contributed by atoms with Crippen LogP contribution >= 0.6 is 0 Å². The molecule has 83 heavy (non-hydrogen) atoms. The standard InChI is InChI=1S/C77H130O6/c1-4-7-10-13-16-19-22-25-27-29-31-33-35-36-37-38-39-40-42-43-45-47-49-52-55-58-61-64-67-70-76(79)82-73-74(72-81-75(78)69-66-63-60-57-54-51-24-21-18-15-12-9-6-3)83-77(80)71-68-65-62-59-56-53-50-48-46-44-41-34-32-30-28-26-23-20-17-14-11-8-5-2/h8,11,17,20,22,25-26,28-29,31-32,34-36,44,46,50,53,59,62,74H,4-7,9-10,12-16,18-19,21,23-24,27,30,33,37-43,45,47-49,51-52,54-58,60-61,63-73H2,1-3H3/b11-8-,20-17-,25-22-,28-26-,31-29-,34-32-,36-35-,46-44-,53-50-,62-59-. The second kappa shape index (κ2) is 70.3. The molecule has 0 aromatic rings. The van der Waals surface area contributed by atoms with Gasteiger partial charge in [-0.2, -0.15) is 0 Å². The van der Waals surface area contributed by atoms with E-state index in [2.05, 4.69) is 142 Å². The van der Waals surface area contributed by atoms with E-state index in [0.717, 1.165) is 103 Å². The van der Waals surface area contributed by atoms with Crippen molar-refractivity contribution in [2.45, 2.75) is 335 Å². The van der Waals surface area contributed by atoms with Crippen molar-refractivity contribution in [3.05, 3.63) is 122 Å². The van der Waals surface area contributed by atoms with Crippen LogP contribution in [0.5, 0.6) is 0 Å². The lowest BCUT2D eigenvalue weighted by atomic mass is 10.0. The molecule has 0 saturated heterocycles. The van der Waals surface area contributed by atoms with Gasteiger partial charge in [0.05, 0.1) is 0 Å². The lowest BCUT2D eigenvalue weighted by Crippen LogP contribution is -2.30. The van der Waals surface area contributed by atoms with Crippen molar-refractivity contribution in [2.75, 3.05) is 13.2 Å². The van der Waals surface area contributed by atoms with Gasteiger partial charge >= 0.3 is 17.9 Å². The van der Waals surface area contributed by atoms with Crippen molar-refractivity contribution in [1.82, 2.24) is 0 Å². The van der Waals surface area contributed by atoms with Crippen LogP contribution in [0.1, 0.15) is 329 Å². The first-order valence-electron chi connectivity index (χ1n) is 35.0. The van der Waals surface area contributed by atoms with E-state index in [4.69, 9.17) is 14.2 Å². The van der Waals surface area contributed by atoms with E-state index < -0.39 is 6.10 Å². The number of allylic oxidation sites excluding steroid dienone is 20. The molecule has 0 aliphatic rings. The molecule has 0 aliphatic heterocycles. The van der Waals surface area contributed by atoms with Gasteiger partial charge in [-0.25, -0.2) is 0 Å². The smallest absolute Gasteiger partial charge is 0.306 e. The summed E-state index contributed by atoms with van der Waals surface area (Å²) in [6.45, 7) is 6.49. The zero-order valence-corrected chi connectivity index (χ0v) is 54.4. The molecule has 1 atom stereocenters. The lowest BCUT2D eigenvalue weighted by Gasteiger charge is -2.18. The fourth-order valence-corrected chi connectivity index (χ4v) is 9.74. The van der Waals surface area contributed by atoms with Gasteiger partial charge in [-0.3, -0.25) is 14.4 Å². The minimum Gasteiger partial charge on any atom is -0.462 e. The van der Waals surface area contributed by atoms with Crippen LogP contribution in [0, 0.1) is 0 Å². The molecule has 0 heterocycles. The molecule has 6 nitrogen and oxygen atoms in total. The minimum absolute atomic E-state index is 0.100. The molecule has 6 heteroatoms. The summed E-state index contributed by atoms with van der Waals surface area (Å²) in [5.41, 5.74) is 0. The Balaban J connectivity index is 4.36. The van der Waals surface area contributed by atoms with Crippen LogP contribution < -0.4 is 0 Å². The van der Waals surface area contributed by atoms with Gasteiger partial charge in [0.2, 0.25) is 0 Å². The Bertz CT molecular complexity index is 1700. The second-order valence-corrected chi connectivity index (χ2v) is 23.1. The van der Waals surface area contributed by atoms with E-state index in [1.165, 1.54) is 180 Å². The fourth-order valence-electron chi connectivity index (χ4n) is 9.74. The Morgan fingerprint density at radius 1 is 0.253 bits per heavy atom. The zero-order chi connectivity index (χ0) is 59.9. The molecule has 0 aliphatic carbocycles. The highest BCUT2D eigenvalue weighted by Gasteiger charge is 2.19. The summed E-state index contributed by atoms with van der Waals surface area (Å²) in [6, 6.07) is 0. The first kappa shape index (κ1) is 78.8. The highest BCUT2D eigenvalue weighted by molar-refractivity contribution is 5.71. The predicted molar refractivity (Wildman–Crippen MR) is 362 cm³/mol. The molecule has 0 aromatic heterocycles. The SMILES string of the molecule is CC/C=C\C/C=C\C/C=C\C/C=C\C/C=C\C/C=C\C/C=C\CCCC(=O)OC(COC(=O)CCCCCCCCCCCCCCC)COC(=O)CCCCCCCCCCCCCCCC/C=C\C/C=C\C/C=C\CCCCCCC. The third-order valence-corrected chi connectivity index (χ3v) is 15.0. The summed E-state index contributed by atoms with van der Waals surface area (Å²) >= 11 is 0. The van der Waals surface area contributed by atoms with E-state index in [1.807, 2.05) is 0 Å². The van der Waals surface area contributed by atoms with Crippen molar-refractivity contribution in [3.63, 3.8) is 0 Å². The number of hydrogen-bond acceptors (Lipinski definition) is 6. The molecule has 0 rings (SSSR count). The van der Waals surface area contributed by atoms with Crippen LogP contribution in [0.4, 0.5) is 0 Å². The minimum atomic E-state index is -0.811. The summed E-state index contributed by atoms with van der Waals surface area (Å²) in [7, 11) is 0. The van der Waals surface area contributed by atoms with Gasteiger partial charge in [-0.1, -0.05) is 322 Å². The van der Waals surface area contributed by atoms with Gasteiger partial charge in [-0.15, -0.1) is 0 Å². The Morgan fingerprint density at radius 3 is 0.771 bits per heavy atom. The van der Waals surface area contributed by atoms with Gasteiger partial charge in [0.25, 0.3) is 0 Å². The second-order valence-electron chi connectivity index (χ2n) is 23.1. The number of esters is 3. The number of hydrogen-bond donors (Lipinski definition) is 0. The Morgan fingerprint density at radius 2 is 0.482 bits per heavy atom. The largest absolute Gasteiger partial charge is 0.462 e. The van der Waals surface area contributed by atoms with Crippen LogP contribution in [0.3, 0.4) is 0 Å². The van der Waals surface area contributed by atoms with Crippen LogP contribution in [-0.2, 0) is 28.6 Å². The molecule has 0 bridgehead atoms. The van der Waals surface area contributed by atoms with E-state index >= 15 is 0 Å². The first-order chi connectivity index (χ1) is 41.0. The summed E-state index contributed by atoms with van der Waals surface area (Å²) in [6.07, 6.45) is 98.0. The van der Waals surface area contributed by atoms with Crippen molar-refractivity contribution in [3.8, 4) is 0 Å². The van der Waals surface area contributed by atoms with Gasteiger partial charge < -0.3 is 14.2 Å². The number of carbonyl (C=O) groups is 3. The molecular weight excluding hydrogens is 1020 g/mol. The number of rotatable bonds is 63. The monoisotopic (exact) mass is 1150 g/mol. The van der Waals surface area contributed by atoms with Crippen LogP contribution in [-0.4, -0.2) is 37.2 Å². The highest BCUT2D eigenvalue weighted by atomic mass is 16.6. The third kappa shape index (κ3) is 68.5. The molecule has 0 amide bonds. The average Bonchev–Trinajstić information content (AvgIpc) is 3.49. The van der Waals surface area contributed by atoms with Crippen molar-refractivity contribution in [2.24, 2.45) is 0 Å². The highest BCUT2D eigenvalue weighted by Crippen LogP contribution is 2.17. The van der Waals surface area contributed by atoms with Gasteiger partial charge in [0, 0.05) is 19.3 Å². The average molecular weight is 1150 g/mol. The summed E-state index contributed by atoms with van der Waals surface area (Å²) in [5, 5.41) is 0. The molecular formula is C77H130O6. The van der Waals surface area contributed by atoms with Crippen LogP contribution in [0.15, 0.2) is 122 Å². The predicted octanol–water partition coefficient (Wildman–Crippen LogP) is 24.3. The van der Waals surface area contributed by atoms with Gasteiger partial charge in [0.1, 0.15) is 13.2 Å². The van der Waals surface area contributed by atoms with E-state index in [1.54, 1.807) is 0 Å². The maximum atomic E-state index is 12.9. The molecule has 0 aromatic carbocycles. The molecule has 1 unspecified atom stereocenters. The lowest BCUT2D eigenvalue weighted by molar-refractivity contribution is -0.167. The van der Waals surface area contributed by atoms with Gasteiger partial charge in [0.15, 0.2) is 6.10 Å². The number of unbranched alkanes of at least 4 members (excludes halogenated alkanes) is 32. The third-order valence-electron chi connectivity index (χ3n) is 15.0. The topological polar surface area (TPSA) is 78.9 Å². The fraction of sp³-hybridized carbons (Fsp3) is 0.701. The number of carbonyl (C=O) groups excluding carboxylic acids is 3. The normalized spacial score (nSPS) is 12.9. The van der Waals surface area contributed by atoms with Crippen LogP contribution in [0.2, 0.25) is 0 Å². The number of ether oxygens (including phenoxy) is 3. The molecule has 0 N–H and O–H groups in total. The first-order valence-corrected chi connectivity index (χ1v) is 35.0.